The lowest BCUT2D eigenvalue weighted by molar-refractivity contribution is -0.123. The second-order valence-electron chi connectivity index (χ2n) is 4.60. The fourth-order valence-electron chi connectivity index (χ4n) is 1.86. The van der Waals surface area contributed by atoms with Crippen molar-refractivity contribution in [1.82, 2.24) is 5.32 Å². The number of aliphatic hydroxyl groups is 1. The predicted octanol–water partition coefficient (Wildman–Crippen LogP) is 0.565. The molecule has 6 nitrogen and oxygen atoms in total. The first-order chi connectivity index (χ1) is 9.26. The third kappa shape index (κ3) is 2.73. The summed E-state index contributed by atoms with van der Waals surface area (Å²) < 4.78 is 15.9. The maximum Gasteiger partial charge on any atom is 0.258 e. The molecule has 0 aromatic heterocycles. The Bertz CT molecular complexity index is 498. The molecule has 19 heavy (non-hydrogen) atoms. The molecular formula is C13H15NO5. The Morgan fingerprint density at radius 2 is 2.11 bits per heavy atom. The minimum absolute atomic E-state index is 0.0663. The quantitative estimate of drug-likeness (QED) is 0.813. The summed E-state index contributed by atoms with van der Waals surface area (Å²) in [5.41, 5.74) is 0.573. The molecule has 0 spiro atoms. The lowest BCUT2D eigenvalue weighted by Gasteiger charge is -2.11. The van der Waals surface area contributed by atoms with Gasteiger partial charge in [-0.15, -0.1) is 0 Å². The van der Waals surface area contributed by atoms with Crippen LogP contribution in [0.1, 0.15) is 18.4 Å². The number of aliphatic hydroxyl groups excluding tert-OH is 1. The molecule has 0 radical (unpaired) electrons. The summed E-state index contributed by atoms with van der Waals surface area (Å²) in [6, 6.07) is 3.61. The summed E-state index contributed by atoms with van der Waals surface area (Å²) in [7, 11) is 0. The number of rotatable bonds is 5. The van der Waals surface area contributed by atoms with Gasteiger partial charge in [0.25, 0.3) is 5.91 Å². The summed E-state index contributed by atoms with van der Waals surface area (Å²) in [4.78, 5) is 11.5. The summed E-state index contributed by atoms with van der Waals surface area (Å²) >= 11 is 0. The van der Waals surface area contributed by atoms with Crippen LogP contribution in [0.25, 0.3) is 0 Å². The Balaban J connectivity index is 1.67. The maximum absolute atomic E-state index is 11.5. The van der Waals surface area contributed by atoms with Crippen LogP contribution in [0.4, 0.5) is 0 Å². The average molecular weight is 265 g/mol. The van der Waals surface area contributed by atoms with Gasteiger partial charge >= 0.3 is 0 Å². The summed E-state index contributed by atoms with van der Waals surface area (Å²) in [5, 5.41) is 12.1. The molecule has 2 N–H and O–H groups in total. The zero-order chi connectivity index (χ0) is 13.2. The number of benzene rings is 1. The molecule has 0 unspecified atom stereocenters. The molecule has 1 aromatic carbocycles. The fraction of sp³-hybridized carbons (Fsp3) is 0.462. The highest BCUT2D eigenvalue weighted by molar-refractivity contribution is 5.78. The third-order valence-corrected chi connectivity index (χ3v) is 3.03. The van der Waals surface area contributed by atoms with Crippen LogP contribution in [-0.2, 0) is 11.4 Å². The van der Waals surface area contributed by atoms with E-state index in [1.165, 1.54) is 0 Å². The van der Waals surface area contributed by atoms with E-state index in [1.807, 2.05) is 0 Å². The molecule has 1 aliphatic carbocycles. The minimum Gasteiger partial charge on any atom is -0.483 e. The van der Waals surface area contributed by atoms with E-state index in [0.29, 0.717) is 28.9 Å². The van der Waals surface area contributed by atoms with E-state index >= 15 is 0 Å². The Kier molecular flexibility index (Phi) is 3.16. The summed E-state index contributed by atoms with van der Waals surface area (Å²) in [5.74, 6) is 1.44. The molecule has 0 saturated heterocycles. The van der Waals surface area contributed by atoms with Crippen molar-refractivity contribution < 1.29 is 24.1 Å². The SMILES string of the molecule is O=C(COc1cc2c(cc1CO)OCO2)NC1CC1. The van der Waals surface area contributed by atoms with Gasteiger partial charge in [-0.25, -0.2) is 0 Å². The number of fused-ring (bicyclic) bond motifs is 1. The number of hydrogen-bond acceptors (Lipinski definition) is 5. The van der Waals surface area contributed by atoms with Crippen molar-refractivity contribution in [3.63, 3.8) is 0 Å². The van der Waals surface area contributed by atoms with Crippen LogP contribution < -0.4 is 19.5 Å². The number of amides is 1. The van der Waals surface area contributed by atoms with E-state index in [-0.39, 0.29) is 25.9 Å². The lowest BCUT2D eigenvalue weighted by Crippen LogP contribution is -2.30. The second kappa shape index (κ2) is 4.97. The number of ether oxygens (including phenoxy) is 3. The molecule has 0 bridgehead atoms. The highest BCUT2D eigenvalue weighted by Crippen LogP contribution is 2.38. The molecule has 1 fully saturated rings. The molecular weight excluding hydrogens is 250 g/mol. The number of carbonyl (C=O) groups is 1. The zero-order valence-electron chi connectivity index (χ0n) is 10.3. The van der Waals surface area contributed by atoms with E-state index < -0.39 is 0 Å². The van der Waals surface area contributed by atoms with Gasteiger partial charge in [-0.05, 0) is 18.9 Å². The monoisotopic (exact) mass is 265 g/mol. The number of hydrogen-bond donors (Lipinski definition) is 2. The van der Waals surface area contributed by atoms with Gasteiger partial charge in [0.1, 0.15) is 5.75 Å². The van der Waals surface area contributed by atoms with Crippen molar-refractivity contribution in [3.8, 4) is 17.2 Å². The van der Waals surface area contributed by atoms with Crippen LogP contribution >= 0.6 is 0 Å². The minimum atomic E-state index is -0.184. The number of nitrogens with one attached hydrogen (secondary N) is 1. The first kappa shape index (κ1) is 12.1. The normalized spacial score (nSPS) is 16.3. The van der Waals surface area contributed by atoms with Crippen LogP contribution in [0.15, 0.2) is 12.1 Å². The van der Waals surface area contributed by atoms with Crippen molar-refractivity contribution in [2.24, 2.45) is 0 Å². The number of carbonyl (C=O) groups excluding carboxylic acids is 1. The molecule has 1 amide bonds. The first-order valence-corrected chi connectivity index (χ1v) is 6.22. The lowest BCUT2D eigenvalue weighted by atomic mass is 10.2. The van der Waals surface area contributed by atoms with Crippen LogP contribution in [-0.4, -0.2) is 30.5 Å². The predicted molar refractivity (Wildman–Crippen MR) is 65.1 cm³/mol. The zero-order valence-corrected chi connectivity index (χ0v) is 10.3. The highest BCUT2D eigenvalue weighted by Gasteiger charge is 2.24. The molecule has 6 heteroatoms. The molecule has 102 valence electrons. The van der Waals surface area contributed by atoms with Gasteiger partial charge in [0.15, 0.2) is 18.1 Å². The van der Waals surface area contributed by atoms with Crippen molar-refractivity contribution in [2.45, 2.75) is 25.5 Å². The molecule has 1 aliphatic heterocycles. The maximum atomic E-state index is 11.5. The van der Waals surface area contributed by atoms with Gasteiger partial charge in [0.05, 0.1) is 6.61 Å². The van der Waals surface area contributed by atoms with Gasteiger partial charge in [0, 0.05) is 17.7 Å². The van der Waals surface area contributed by atoms with E-state index in [9.17, 15) is 9.90 Å². The fourth-order valence-corrected chi connectivity index (χ4v) is 1.86. The van der Waals surface area contributed by atoms with Crippen molar-refractivity contribution in [3.05, 3.63) is 17.7 Å². The Morgan fingerprint density at radius 3 is 2.79 bits per heavy atom. The smallest absolute Gasteiger partial charge is 0.258 e. The van der Waals surface area contributed by atoms with Crippen LogP contribution in [0.3, 0.4) is 0 Å². The summed E-state index contributed by atoms with van der Waals surface area (Å²) in [6.07, 6.45) is 2.08. The van der Waals surface area contributed by atoms with Crippen LogP contribution in [0.2, 0.25) is 0 Å². The van der Waals surface area contributed by atoms with E-state index in [1.54, 1.807) is 12.1 Å². The van der Waals surface area contributed by atoms with Gasteiger partial charge in [-0.3, -0.25) is 4.79 Å². The van der Waals surface area contributed by atoms with Gasteiger partial charge in [0.2, 0.25) is 6.79 Å². The average Bonchev–Trinajstić information content (AvgIpc) is 3.10. The molecule has 1 heterocycles. The molecule has 3 rings (SSSR count). The van der Waals surface area contributed by atoms with Crippen LogP contribution in [0, 0.1) is 0 Å². The largest absolute Gasteiger partial charge is 0.483 e. The molecule has 1 saturated carbocycles. The Morgan fingerprint density at radius 1 is 1.37 bits per heavy atom. The topological polar surface area (TPSA) is 77.0 Å². The van der Waals surface area contributed by atoms with Crippen molar-refractivity contribution >= 4 is 5.91 Å². The Hall–Kier alpha value is -1.95. The second-order valence-corrected chi connectivity index (χ2v) is 4.60. The van der Waals surface area contributed by atoms with E-state index in [0.717, 1.165) is 12.8 Å². The van der Waals surface area contributed by atoms with Gasteiger partial charge in [-0.2, -0.15) is 0 Å². The van der Waals surface area contributed by atoms with Crippen molar-refractivity contribution in [1.29, 1.82) is 0 Å². The third-order valence-electron chi connectivity index (χ3n) is 3.03. The highest BCUT2D eigenvalue weighted by atomic mass is 16.7. The van der Waals surface area contributed by atoms with Gasteiger partial charge in [-0.1, -0.05) is 0 Å². The van der Waals surface area contributed by atoms with Crippen LogP contribution in [0.5, 0.6) is 17.2 Å². The van der Waals surface area contributed by atoms with E-state index in [2.05, 4.69) is 5.32 Å². The summed E-state index contributed by atoms with van der Waals surface area (Å²) in [6.45, 7) is -0.0921. The molecule has 0 atom stereocenters. The first-order valence-electron chi connectivity index (χ1n) is 6.22. The Labute approximate surface area is 110 Å². The van der Waals surface area contributed by atoms with E-state index in [4.69, 9.17) is 14.2 Å². The standard InChI is InChI=1S/C13H15NO5/c15-5-8-3-11-12(19-7-18-11)4-10(8)17-6-13(16)14-9-1-2-9/h3-4,9,15H,1-2,5-7H2,(H,14,16). The molecule has 1 aromatic rings. The van der Waals surface area contributed by atoms with Gasteiger partial charge < -0.3 is 24.6 Å². The van der Waals surface area contributed by atoms with Crippen molar-refractivity contribution in [2.75, 3.05) is 13.4 Å². The molecule has 2 aliphatic rings.